The molecule has 0 atom stereocenters. The van der Waals surface area contributed by atoms with Crippen LogP contribution in [0.1, 0.15) is 0 Å². The molecular formula is C9H7Br2NO2. The van der Waals surface area contributed by atoms with Crippen LogP contribution in [-0.4, -0.2) is 13.7 Å². The first kappa shape index (κ1) is 11.3. The predicted molar refractivity (Wildman–Crippen MR) is 59.5 cm³/mol. The zero-order valence-electron chi connectivity index (χ0n) is 7.38. The number of rotatable bonds is 3. The summed E-state index contributed by atoms with van der Waals surface area (Å²) in [5.41, 5.74) is 0. The zero-order chi connectivity index (χ0) is 10.6. The molecule has 5 heteroatoms. The molecule has 14 heavy (non-hydrogen) atoms. The summed E-state index contributed by atoms with van der Waals surface area (Å²) in [4.78, 5) is 0. The van der Waals surface area contributed by atoms with Crippen molar-refractivity contribution in [1.82, 2.24) is 0 Å². The Bertz CT molecular complexity index is 374. The van der Waals surface area contributed by atoms with Crippen molar-refractivity contribution in [3.05, 3.63) is 21.1 Å². The van der Waals surface area contributed by atoms with Crippen molar-refractivity contribution in [2.24, 2.45) is 0 Å². The Labute approximate surface area is 98.9 Å². The molecule has 3 nitrogen and oxygen atoms in total. The molecule has 0 aromatic heterocycles. The average molecular weight is 321 g/mol. The van der Waals surface area contributed by atoms with Crippen molar-refractivity contribution in [2.45, 2.75) is 0 Å². The van der Waals surface area contributed by atoms with Crippen LogP contribution in [-0.2, 0) is 0 Å². The van der Waals surface area contributed by atoms with Crippen LogP contribution < -0.4 is 9.47 Å². The van der Waals surface area contributed by atoms with Crippen LogP contribution in [0.3, 0.4) is 0 Å². The van der Waals surface area contributed by atoms with E-state index in [9.17, 15) is 0 Å². The van der Waals surface area contributed by atoms with E-state index in [4.69, 9.17) is 14.7 Å². The summed E-state index contributed by atoms with van der Waals surface area (Å²) < 4.78 is 11.8. The van der Waals surface area contributed by atoms with Gasteiger partial charge in [0.1, 0.15) is 17.6 Å². The van der Waals surface area contributed by atoms with Gasteiger partial charge in [0, 0.05) is 0 Å². The third kappa shape index (κ3) is 2.63. The molecule has 0 aliphatic carbocycles. The van der Waals surface area contributed by atoms with Crippen LogP contribution in [0.4, 0.5) is 0 Å². The molecule has 0 radical (unpaired) electrons. The maximum Gasteiger partial charge on any atom is 0.174 e. The van der Waals surface area contributed by atoms with Crippen LogP contribution in [0.15, 0.2) is 21.1 Å². The fraction of sp³-hybridized carbons (Fsp3) is 0.222. The molecule has 1 aromatic rings. The highest BCUT2D eigenvalue weighted by molar-refractivity contribution is 9.11. The second-order valence-corrected chi connectivity index (χ2v) is 4.07. The van der Waals surface area contributed by atoms with Crippen molar-refractivity contribution in [3.63, 3.8) is 0 Å². The lowest BCUT2D eigenvalue weighted by atomic mass is 10.3. The van der Waals surface area contributed by atoms with E-state index in [1.807, 2.05) is 6.07 Å². The van der Waals surface area contributed by atoms with E-state index in [1.165, 1.54) is 0 Å². The van der Waals surface area contributed by atoms with Crippen LogP contribution in [0, 0.1) is 11.3 Å². The summed E-state index contributed by atoms with van der Waals surface area (Å²) in [5.74, 6) is 1.32. The number of hydrogen-bond acceptors (Lipinski definition) is 3. The lowest BCUT2D eigenvalue weighted by molar-refractivity contribution is 0.362. The lowest BCUT2D eigenvalue weighted by Gasteiger charge is -2.08. The molecule has 74 valence electrons. The van der Waals surface area contributed by atoms with Crippen LogP contribution >= 0.6 is 31.9 Å². The fourth-order valence-corrected chi connectivity index (χ4v) is 1.81. The van der Waals surface area contributed by atoms with Gasteiger partial charge in [-0.1, -0.05) is 0 Å². The summed E-state index contributed by atoms with van der Waals surface area (Å²) in [5, 5.41) is 8.36. The first-order valence-corrected chi connectivity index (χ1v) is 5.30. The average Bonchev–Trinajstić information content (AvgIpc) is 2.18. The molecule has 0 aliphatic heterocycles. The topological polar surface area (TPSA) is 42.2 Å². The molecule has 0 spiro atoms. The third-order valence-electron chi connectivity index (χ3n) is 1.50. The predicted octanol–water partition coefficient (Wildman–Crippen LogP) is 3.12. The number of halogens is 2. The third-order valence-corrected chi connectivity index (χ3v) is 2.74. The molecule has 1 aromatic carbocycles. The highest BCUT2D eigenvalue weighted by Gasteiger charge is 2.07. The molecule has 0 heterocycles. The van der Waals surface area contributed by atoms with E-state index in [0.29, 0.717) is 11.5 Å². The number of nitriles is 1. The molecule has 0 saturated heterocycles. The molecule has 0 bridgehead atoms. The smallest absolute Gasteiger partial charge is 0.174 e. The van der Waals surface area contributed by atoms with Gasteiger partial charge in [0.05, 0.1) is 16.1 Å². The van der Waals surface area contributed by atoms with Gasteiger partial charge in [-0.25, -0.2) is 0 Å². The molecule has 0 unspecified atom stereocenters. The minimum Gasteiger partial charge on any atom is -0.496 e. The Morgan fingerprint density at radius 3 is 2.43 bits per heavy atom. The van der Waals surface area contributed by atoms with Gasteiger partial charge in [0.25, 0.3) is 0 Å². The number of methoxy groups -OCH3 is 1. The van der Waals surface area contributed by atoms with E-state index >= 15 is 0 Å². The minimum atomic E-state index is 0.0252. The van der Waals surface area contributed by atoms with Gasteiger partial charge >= 0.3 is 0 Å². The molecule has 0 fully saturated rings. The van der Waals surface area contributed by atoms with E-state index in [-0.39, 0.29) is 6.61 Å². The summed E-state index contributed by atoms with van der Waals surface area (Å²) in [6.07, 6.45) is 0. The maximum absolute atomic E-state index is 8.36. The van der Waals surface area contributed by atoms with Gasteiger partial charge in [0.2, 0.25) is 0 Å². The molecule has 0 aliphatic rings. The zero-order valence-corrected chi connectivity index (χ0v) is 10.6. The van der Waals surface area contributed by atoms with Gasteiger partial charge in [-0.15, -0.1) is 0 Å². The van der Waals surface area contributed by atoms with Crippen LogP contribution in [0.25, 0.3) is 0 Å². The van der Waals surface area contributed by atoms with E-state index in [0.717, 1.165) is 8.95 Å². The largest absolute Gasteiger partial charge is 0.496 e. The molecule has 0 amide bonds. The Morgan fingerprint density at radius 1 is 1.29 bits per heavy atom. The number of benzene rings is 1. The van der Waals surface area contributed by atoms with Crippen molar-refractivity contribution in [2.75, 3.05) is 13.7 Å². The maximum atomic E-state index is 8.36. The van der Waals surface area contributed by atoms with Gasteiger partial charge in [-0.3, -0.25) is 0 Å². The second-order valence-electron chi connectivity index (χ2n) is 2.36. The summed E-state index contributed by atoms with van der Waals surface area (Å²) in [6.45, 7) is 0.0252. The SMILES string of the molecule is COc1cc(Br)c(OCC#N)cc1Br. The Morgan fingerprint density at radius 2 is 1.86 bits per heavy atom. The Hall–Kier alpha value is -0.730. The highest BCUT2D eigenvalue weighted by atomic mass is 79.9. The molecule has 1 rings (SSSR count). The quantitative estimate of drug-likeness (QED) is 0.859. The van der Waals surface area contributed by atoms with Gasteiger partial charge in [0.15, 0.2) is 6.61 Å². The number of ether oxygens (including phenoxy) is 2. The minimum absolute atomic E-state index is 0.0252. The van der Waals surface area contributed by atoms with Crippen LogP contribution in [0.2, 0.25) is 0 Å². The molecule has 0 N–H and O–H groups in total. The Balaban J connectivity index is 2.97. The Kier molecular flexibility index (Phi) is 4.23. The molecular weight excluding hydrogens is 314 g/mol. The first-order valence-electron chi connectivity index (χ1n) is 3.71. The first-order chi connectivity index (χ1) is 6.69. The van der Waals surface area contributed by atoms with Crippen LogP contribution in [0.5, 0.6) is 11.5 Å². The standard InChI is InChI=1S/C9H7Br2NO2/c1-13-8-4-7(11)9(5-6(8)10)14-3-2-12/h4-5H,3H2,1H3. The monoisotopic (exact) mass is 319 g/mol. The normalized spacial score (nSPS) is 9.29. The summed E-state index contributed by atoms with van der Waals surface area (Å²) in [7, 11) is 1.59. The fourth-order valence-electron chi connectivity index (χ4n) is 0.887. The van der Waals surface area contributed by atoms with Crippen molar-refractivity contribution in [1.29, 1.82) is 5.26 Å². The van der Waals surface area contributed by atoms with Crippen molar-refractivity contribution < 1.29 is 9.47 Å². The van der Waals surface area contributed by atoms with E-state index in [1.54, 1.807) is 19.2 Å². The molecule has 0 saturated carbocycles. The number of nitrogens with zero attached hydrogens (tertiary/aromatic N) is 1. The number of hydrogen-bond donors (Lipinski definition) is 0. The van der Waals surface area contributed by atoms with Gasteiger partial charge in [-0.05, 0) is 44.0 Å². The highest BCUT2D eigenvalue weighted by Crippen LogP contribution is 2.35. The summed E-state index contributed by atoms with van der Waals surface area (Å²) in [6, 6.07) is 5.43. The van der Waals surface area contributed by atoms with Gasteiger partial charge in [-0.2, -0.15) is 5.26 Å². The summed E-state index contributed by atoms with van der Waals surface area (Å²) >= 11 is 6.64. The van der Waals surface area contributed by atoms with Gasteiger partial charge < -0.3 is 9.47 Å². The van der Waals surface area contributed by atoms with E-state index < -0.39 is 0 Å². The van der Waals surface area contributed by atoms with Crippen molar-refractivity contribution >= 4 is 31.9 Å². The van der Waals surface area contributed by atoms with E-state index in [2.05, 4.69) is 31.9 Å². The second kappa shape index (κ2) is 5.23. The lowest BCUT2D eigenvalue weighted by Crippen LogP contribution is -1.95. The van der Waals surface area contributed by atoms with Crippen molar-refractivity contribution in [3.8, 4) is 17.6 Å².